The lowest BCUT2D eigenvalue weighted by Crippen LogP contribution is -2.38. The van der Waals surface area contributed by atoms with Crippen LogP contribution in [-0.2, 0) is 4.79 Å². The molecule has 1 aliphatic heterocycles. The summed E-state index contributed by atoms with van der Waals surface area (Å²) in [5, 5.41) is 11.0. The Hall–Kier alpha value is -2.26. The van der Waals surface area contributed by atoms with Gasteiger partial charge in [0.2, 0.25) is 5.91 Å². The maximum Gasteiger partial charge on any atom is 0.422 e. The summed E-state index contributed by atoms with van der Waals surface area (Å²) < 4.78 is 42.1. The number of aromatic nitrogens is 2. The van der Waals surface area contributed by atoms with Crippen LogP contribution < -0.4 is 15.0 Å². The van der Waals surface area contributed by atoms with Gasteiger partial charge in [-0.25, -0.2) is 0 Å². The van der Waals surface area contributed by atoms with Gasteiger partial charge < -0.3 is 15.0 Å². The summed E-state index contributed by atoms with van der Waals surface area (Å²) in [6.45, 7) is -0.291. The highest BCUT2D eigenvalue weighted by molar-refractivity contribution is 6.31. The lowest BCUT2D eigenvalue weighted by molar-refractivity contribution is -0.153. The molecule has 1 aromatic carbocycles. The van der Waals surface area contributed by atoms with Crippen LogP contribution in [0.25, 0.3) is 0 Å². The fourth-order valence-electron chi connectivity index (χ4n) is 2.97. The minimum absolute atomic E-state index is 0.0889. The number of benzene rings is 1. The van der Waals surface area contributed by atoms with Crippen molar-refractivity contribution in [3.05, 3.63) is 40.5 Å². The van der Waals surface area contributed by atoms with Crippen LogP contribution in [0.15, 0.2) is 30.3 Å². The van der Waals surface area contributed by atoms with Gasteiger partial charge in [0.1, 0.15) is 5.75 Å². The van der Waals surface area contributed by atoms with Crippen LogP contribution in [0.4, 0.5) is 24.7 Å². The van der Waals surface area contributed by atoms with E-state index in [0.29, 0.717) is 36.9 Å². The highest BCUT2D eigenvalue weighted by Crippen LogP contribution is 2.31. The fraction of sp³-hybridized carbons (Fsp3) is 0.389. The monoisotopic (exact) mass is 448 g/mol. The molecule has 1 amide bonds. The number of anilines is 2. The predicted octanol–water partition coefficient (Wildman–Crippen LogP) is 4.58. The third-order valence-corrected chi connectivity index (χ3v) is 4.84. The Kier molecular flexibility index (Phi) is 6.69. The Labute approximate surface area is 174 Å². The molecule has 0 aliphatic carbocycles. The van der Waals surface area contributed by atoms with Gasteiger partial charge in [-0.3, -0.25) is 4.79 Å². The van der Waals surface area contributed by atoms with E-state index < -0.39 is 12.8 Å². The first-order valence-electron chi connectivity index (χ1n) is 8.75. The molecule has 2 aromatic rings. The van der Waals surface area contributed by atoms with Crippen LogP contribution in [0.2, 0.25) is 10.2 Å². The number of nitrogens with one attached hydrogen (secondary N) is 1. The Morgan fingerprint density at radius 2 is 1.90 bits per heavy atom. The molecule has 11 heteroatoms. The maximum atomic E-state index is 12.6. The molecule has 0 unspecified atom stereocenters. The second kappa shape index (κ2) is 9.04. The molecule has 1 aliphatic rings. The number of nitrogens with zero attached hydrogens (tertiary/aromatic N) is 3. The number of ether oxygens (including phenoxy) is 1. The lowest BCUT2D eigenvalue weighted by atomic mass is 9.95. The molecule has 1 aromatic heterocycles. The first-order valence-corrected chi connectivity index (χ1v) is 9.51. The Balaban J connectivity index is 1.61. The molecule has 3 rings (SSSR count). The van der Waals surface area contributed by atoms with Crippen molar-refractivity contribution in [2.24, 2.45) is 5.92 Å². The Bertz CT molecular complexity index is 857. The van der Waals surface area contributed by atoms with E-state index >= 15 is 0 Å². The molecule has 0 atom stereocenters. The van der Waals surface area contributed by atoms with Crippen LogP contribution in [0, 0.1) is 5.92 Å². The van der Waals surface area contributed by atoms with Gasteiger partial charge in [0.05, 0.1) is 5.69 Å². The number of carbonyl (C=O) groups is 1. The molecule has 1 saturated heterocycles. The second-order valence-electron chi connectivity index (χ2n) is 6.51. The quantitative estimate of drug-likeness (QED) is 0.724. The molecule has 6 nitrogen and oxygen atoms in total. The van der Waals surface area contributed by atoms with Gasteiger partial charge in [-0.15, -0.1) is 10.2 Å². The average Bonchev–Trinajstić information content (AvgIpc) is 2.67. The van der Waals surface area contributed by atoms with Crippen LogP contribution in [-0.4, -0.2) is 42.0 Å². The van der Waals surface area contributed by atoms with E-state index in [4.69, 9.17) is 27.9 Å². The number of amides is 1. The summed E-state index contributed by atoms with van der Waals surface area (Å²) in [6.07, 6.45) is -3.39. The van der Waals surface area contributed by atoms with Crippen LogP contribution in [0.3, 0.4) is 0 Å². The van der Waals surface area contributed by atoms with E-state index in [-0.39, 0.29) is 28.3 Å². The minimum Gasteiger partial charge on any atom is -0.482 e. The van der Waals surface area contributed by atoms with Gasteiger partial charge >= 0.3 is 6.18 Å². The number of halogens is 5. The Morgan fingerprint density at radius 3 is 2.52 bits per heavy atom. The summed E-state index contributed by atoms with van der Waals surface area (Å²) in [4.78, 5) is 14.6. The van der Waals surface area contributed by atoms with E-state index in [2.05, 4.69) is 15.5 Å². The van der Waals surface area contributed by atoms with Gasteiger partial charge in [-0.05, 0) is 43.2 Å². The molecular weight excluding hydrogens is 432 g/mol. The molecular formula is C18H17Cl2F3N4O2. The zero-order chi connectivity index (χ0) is 21.0. The van der Waals surface area contributed by atoms with Crippen molar-refractivity contribution >= 4 is 40.6 Å². The second-order valence-corrected chi connectivity index (χ2v) is 7.33. The van der Waals surface area contributed by atoms with Gasteiger partial charge in [-0.2, -0.15) is 13.2 Å². The molecule has 156 valence electrons. The standard InChI is InChI=1S/C18H17Cl2F3N4O2/c19-12-1-2-14(29-10-18(21,22)23)13(9-12)24-17(28)11-5-7-27(8-6-11)16-4-3-15(20)25-26-16/h1-4,9,11H,5-8,10H2,(H,24,28). The van der Waals surface area contributed by atoms with Gasteiger partial charge in [-0.1, -0.05) is 23.2 Å². The molecule has 0 saturated carbocycles. The Morgan fingerprint density at radius 1 is 1.17 bits per heavy atom. The number of hydrogen-bond acceptors (Lipinski definition) is 5. The third kappa shape index (κ3) is 6.11. The summed E-state index contributed by atoms with van der Waals surface area (Å²) in [5.41, 5.74) is 0.109. The van der Waals surface area contributed by atoms with E-state index in [1.165, 1.54) is 18.2 Å². The average molecular weight is 449 g/mol. The van der Waals surface area contributed by atoms with Crippen LogP contribution >= 0.6 is 23.2 Å². The molecule has 2 heterocycles. The van der Waals surface area contributed by atoms with Crippen molar-refractivity contribution in [1.29, 1.82) is 0 Å². The SMILES string of the molecule is O=C(Nc1cc(Cl)ccc1OCC(F)(F)F)C1CCN(c2ccc(Cl)nn2)CC1. The summed E-state index contributed by atoms with van der Waals surface area (Å²) >= 11 is 11.7. The number of hydrogen-bond donors (Lipinski definition) is 1. The number of alkyl halides is 3. The van der Waals surface area contributed by atoms with Crippen molar-refractivity contribution in [2.45, 2.75) is 19.0 Å². The van der Waals surface area contributed by atoms with Crippen LogP contribution in [0.5, 0.6) is 5.75 Å². The van der Waals surface area contributed by atoms with Crippen molar-refractivity contribution in [3.63, 3.8) is 0 Å². The first kappa shape index (κ1) is 21.4. The van der Waals surface area contributed by atoms with Crippen molar-refractivity contribution in [2.75, 3.05) is 29.9 Å². The van der Waals surface area contributed by atoms with E-state index in [1.54, 1.807) is 12.1 Å². The van der Waals surface area contributed by atoms with E-state index in [1.807, 2.05) is 4.90 Å². The molecule has 0 radical (unpaired) electrons. The normalized spacial score (nSPS) is 15.3. The summed E-state index contributed by atoms with van der Waals surface area (Å²) in [5.74, 6) is -0.0215. The highest BCUT2D eigenvalue weighted by Gasteiger charge is 2.30. The largest absolute Gasteiger partial charge is 0.482 e. The zero-order valence-electron chi connectivity index (χ0n) is 15.0. The molecule has 0 bridgehead atoms. The molecule has 1 fully saturated rings. The fourth-order valence-corrected chi connectivity index (χ4v) is 3.24. The third-order valence-electron chi connectivity index (χ3n) is 4.40. The van der Waals surface area contributed by atoms with Crippen LogP contribution in [0.1, 0.15) is 12.8 Å². The zero-order valence-corrected chi connectivity index (χ0v) is 16.6. The van der Waals surface area contributed by atoms with Crippen molar-refractivity contribution in [1.82, 2.24) is 10.2 Å². The van der Waals surface area contributed by atoms with Gasteiger partial charge in [0.25, 0.3) is 0 Å². The summed E-state index contributed by atoms with van der Waals surface area (Å²) in [6, 6.07) is 7.46. The van der Waals surface area contributed by atoms with Gasteiger partial charge in [0.15, 0.2) is 17.6 Å². The van der Waals surface area contributed by atoms with E-state index in [0.717, 1.165) is 0 Å². The van der Waals surface area contributed by atoms with Crippen molar-refractivity contribution in [3.8, 4) is 5.75 Å². The smallest absolute Gasteiger partial charge is 0.422 e. The lowest BCUT2D eigenvalue weighted by Gasteiger charge is -2.31. The number of piperidine rings is 1. The minimum atomic E-state index is -4.49. The maximum absolute atomic E-state index is 12.6. The van der Waals surface area contributed by atoms with Gasteiger partial charge in [0, 0.05) is 24.0 Å². The number of carbonyl (C=O) groups excluding carboxylic acids is 1. The summed E-state index contributed by atoms with van der Waals surface area (Å²) in [7, 11) is 0. The molecule has 29 heavy (non-hydrogen) atoms. The first-order chi connectivity index (χ1) is 13.7. The van der Waals surface area contributed by atoms with E-state index in [9.17, 15) is 18.0 Å². The molecule has 0 spiro atoms. The van der Waals surface area contributed by atoms with Crippen molar-refractivity contribution < 1.29 is 22.7 Å². The predicted molar refractivity (Wildman–Crippen MR) is 104 cm³/mol. The number of rotatable bonds is 5. The molecule has 1 N–H and O–H groups in total. The highest BCUT2D eigenvalue weighted by atomic mass is 35.5. The topological polar surface area (TPSA) is 67.3 Å².